The number of carbonyl (C=O) groups is 4. The number of hydrogen-bond acceptors (Lipinski definition) is 11. The first-order valence-electron chi connectivity index (χ1n) is 17.0. The largest absolute Gasteiger partial charge is 0.462 e. The Kier molecular flexibility index (Phi) is 14.0. The Labute approximate surface area is 274 Å². The van der Waals surface area contributed by atoms with Gasteiger partial charge in [-0.1, -0.05) is 34.6 Å². The van der Waals surface area contributed by atoms with Crippen LogP contribution in [0.2, 0.25) is 0 Å². The van der Waals surface area contributed by atoms with Crippen LogP contribution in [0.25, 0.3) is 0 Å². The van der Waals surface area contributed by atoms with Crippen LogP contribution in [-0.2, 0) is 42.9 Å². The number of epoxide rings is 1. The van der Waals surface area contributed by atoms with Crippen LogP contribution in [0, 0.1) is 23.7 Å². The summed E-state index contributed by atoms with van der Waals surface area (Å²) < 4.78 is 30.8. The summed E-state index contributed by atoms with van der Waals surface area (Å²) in [6.07, 6.45) is 1.45. The summed E-state index contributed by atoms with van der Waals surface area (Å²) in [7, 11) is 3.81. The summed E-state index contributed by atoms with van der Waals surface area (Å²) in [6.45, 7) is 13.2. The van der Waals surface area contributed by atoms with E-state index in [0.717, 1.165) is 6.29 Å². The molecule has 0 bridgehead atoms. The Bertz CT molecular complexity index is 1080. The van der Waals surface area contributed by atoms with Crippen LogP contribution in [0.1, 0.15) is 93.4 Å². The number of ether oxygens (including phenoxy) is 5. The van der Waals surface area contributed by atoms with Crippen molar-refractivity contribution in [2.24, 2.45) is 23.7 Å². The molecule has 0 aromatic heterocycles. The minimum Gasteiger partial charge on any atom is -0.462 e. The number of carbonyl (C=O) groups excluding carboxylic acids is 4. The fraction of sp³-hybridized carbons (Fsp3) is 0.829. The first kappa shape index (κ1) is 38.3. The minimum atomic E-state index is -1.19. The van der Waals surface area contributed by atoms with Crippen molar-refractivity contribution >= 4 is 24.0 Å². The third-order valence-corrected chi connectivity index (χ3v) is 9.99. The zero-order chi connectivity index (χ0) is 34.3. The monoisotopic (exact) mass is 651 g/mol. The standard InChI is InChI=1S/C35H57NO10/c1-10-12-29(40)44-32-25(36(8)9)18-21(4)42-34(32)45-31-22(5)27(39)19-30(41)43-28(11-2)23(6)33-35(7,46-33)15-13-26(38)20(3)17-24(31)14-16-37/h13,15-16,20-25,27-28,31-34,39H,10-12,14,17-19H2,1-9H3/b15-13-/t20-,21-,22+,23-,24+,25+,27-,28?,31-,32-,33+,34+,35+/m1/s1. The van der Waals surface area contributed by atoms with E-state index in [2.05, 4.69) is 0 Å². The zero-order valence-electron chi connectivity index (χ0n) is 29.2. The second kappa shape index (κ2) is 16.8. The molecule has 262 valence electrons. The maximum Gasteiger partial charge on any atom is 0.308 e. The van der Waals surface area contributed by atoms with Gasteiger partial charge in [0.05, 0.1) is 36.9 Å². The molecule has 0 saturated carbocycles. The highest BCUT2D eigenvalue weighted by Crippen LogP contribution is 2.45. The van der Waals surface area contributed by atoms with E-state index in [1.165, 1.54) is 0 Å². The Morgan fingerprint density at radius 1 is 1.11 bits per heavy atom. The van der Waals surface area contributed by atoms with Crippen LogP contribution in [0.15, 0.2) is 12.2 Å². The number of allylic oxidation sites excluding steroid dienone is 1. The second-order valence-corrected chi connectivity index (χ2v) is 14.1. The fourth-order valence-electron chi connectivity index (χ4n) is 7.02. The predicted molar refractivity (Wildman–Crippen MR) is 171 cm³/mol. The van der Waals surface area contributed by atoms with Crippen molar-refractivity contribution in [2.45, 2.75) is 148 Å². The maximum atomic E-state index is 13.4. The molecular formula is C35H57NO10. The van der Waals surface area contributed by atoms with E-state index in [-0.39, 0.29) is 61.6 Å². The third kappa shape index (κ3) is 9.69. The molecule has 13 atom stereocenters. The number of esters is 2. The average molecular weight is 652 g/mol. The molecule has 11 heteroatoms. The summed E-state index contributed by atoms with van der Waals surface area (Å²) in [5.41, 5.74) is -0.657. The molecule has 0 aliphatic carbocycles. The normalized spacial score (nSPS) is 41.7. The molecule has 1 N–H and O–H groups in total. The van der Waals surface area contributed by atoms with Gasteiger partial charge in [0, 0.05) is 30.6 Å². The molecule has 1 unspecified atom stereocenters. The molecule has 3 heterocycles. The number of ketones is 1. The molecule has 2 saturated heterocycles. The van der Waals surface area contributed by atoms with Gasteiger partial charge < -0.3 is 38.5 Å². The number of nitrogens with zero attached hydrogens (tertiary/aromatic N) is 1. The van der Waals surface area contributed by atoms with Gasteiger partial charge in [-0.05, 0) is 71.7 Å². The lowest BCUT2D eigenvalue weighted by Crippen LogP contribution is -2.57. The number of cyclic esters (lactones) is 1. The highest BCUT2D eigenvalue weighted by Gasteiger charge is 2.55. The van der Waals surface area contributed by atoms with Gasteiger partial charge in [0.15, 0.2) is 18.2 Å². The van der Waals surface area contributed by atoms with Gasteiger partial charge >= 0.3 is 11.9 Å². The summed E-state index contributed by atoms with van der Waals surface area (Å²) in [4.78, 5) is 53.3. The van der Waals surface area contributed by atoms with Gasteiger partial charge in [-0.2, -0.15) is 0 Å². The van der Waals surface area contributed by atoms with Crippen molar-refractivity contribution in [1.82, 2.24) is 4.90 Å². The van der Waals surface area contributed by atoms with Gasteiger partial charge in [0.1, 0.15) is 18.0 Å². The van der Waals surface area contributed by atoms with Gasteiger partial charge in [0.2, 0.25) is 0 Å². The van der Waals surface area contributed by atoms with Crippen molar-refractivity contribution in [3.05, 3.63) is 12.2 Å². The summed E-state index contributed by atoms with van der Waals surface area (Å²) in [5, 5.41) is 11.5. The minimum absolute atomic E-state index is 0.0471. The van der Waals surface area contributed by atoms with E-state index < -0.39 is 60.0 Å². The van der Waals surface area contributed by atoms with Gasteiger partial charge in [-0.3, -0.25) is 14.4 Å². The lowest BCUT2D eigenvalue weighted by Gasteiger charge is -2.45. The van der Waals surface area contributed by atoms with E-state index in [9.17, 15) is 24.3 Å². The van der Waals surface area contributed by atoms with E-state index in [0.29, 0.717) is 19.3 Å². The van der Waals surface area contributed by atoms with Crippen LogP contribution in [0.4, 0.5) is 0 Å². The highest BCUT2D eigenvalue weighted by atomic mass is 16.7. The molecule has 46 heavy (non-hydrogen) atoms. The van der Waals surface area contributed by atoms with Gasteiger partial charge in [-0.25, -0.2) is 0 Å². The van der Waals surface area contributed by atoms with Crippen LogP contribution >= 0.6 is 0 Å². The van der Waals surface area contributed by atoms with Crippen LogP contribution in [0.5, 0.6) is 0 Å². The van der Waals surface area contributed by atoms with Crippen LogP contribution in [0.3, 0.4) is 0 Å². The van der Waals surface area contributed by atoms with Crippen LogP contribution in [-0.4, -0.2) is 103 Å². The summed E-state index contributed by atoms with van der Waals surface area (Å²) in [6, 6.07) is -0.214. The molecule has 11 nitrogen and oxygen atoms in total. The van der Waals surface area contributed by atoms with Crippen LogP contribution < -0.4 is 0 Å². The molecular weight excluding hydrogens is 594 g/mol. The molecule has 2 fully saturated rings. The quantitative estimate of drug-likeness (QED) is 0.220. The summed E-state index contributed by atoms with van der Waals surface area (Å²) >= 11 is 0. The summed E-state index contributed by atoms with van der Waals surface area (Å²) in [5.74, 6) is -2.83. The third-order valence-electron chi connectivity index (χ3n) is 9.99. The van der Waals surface area contributed by atoms with E-state index >= 15 is 0 Å². The fourth-order valence-corrected chi connectivity index (χ4v) is 7.02. The van der Waals surface area contributed by atoms with Gasteiger partial charge in [0.25, 0.3) is 0 Å². The Morgan fingerprint density at radius 2 is 1.80 bits per heavy atom. The smallest absolute Gasteiger partial charge is 0.308 e. The highest BCUT2D eigenvalue weighted by molar-refractivity contribution is 5.91. The molecule has 3 rings (SSSR count). The number of hydrogen-bond donors (Lipinski definition) is 1. The molecule has 0 amide bonds. The van der Waals surface area contributed by atoms with E-state index in [1.54, 1.807) is 19.1 Å². The number of fused-ring (bicyclic) bond motifs is 1. The lowest BCUT2D eigenvalue weighted by molar-refractivity contribution is -0.287. The molecule has 0 spiro atoms. The zero-order valence-corrected chi connectivity index (χ0v) is 29.2. The van der Waals surface area contributed by atoms with Crippen molar-refractivity contribution in [1.29, 1.82) is 0 Å². The first-order valence-corrected chi connectivity index (χ1v) is 17.0. The van der Waals surface area contributed by atoms with Crippen molar-refractivity contribution in [2.75, 3.05) is 14.1 Å². The Morgan fingerprint density at radius 3 is 2.41 bits per heavy atom. The number of rotatable bonds is 9. The Balaban J connectivity index is 2.01. The molecule has 0 radical (unpaired) electrons. The maximum absolute atomic E-state index is 13.4. The number of aldehydes is 1. The predicted octanol–water partition coefficient (Wildman–Crippen LogP) is 4.02. The Hall–Kier alpha value is -2.18. The molecule has 0 aromatic carbocycles. The SMILES string of the molecule is CCCC(=O)O[C@H]1[C@H](O[C@H]2[C@@H](CC=O)C[C@@H](C)C(=O)/C=C\[C@]3(C)O[C@H]3[C@H](C)C(CC)OC(=O)C[C@@H](O)[C@@H]2C)O[C@H](C)C[C@@H]1N(C)C. The number of likely N-dealkylation sites (N-methyl/N-ethyl adjacent to an activating group) is 1. The first-order chi connectivity index (χ1) is 21.6. The lowest BCUT2D eigenvalue weighted by atomic mass is 9.79. The van der Waals surface area contributed by atoms with E-state index in [1.807, 2.05) is 60.5 Å². The molecule has 3 aliphatic heterocycles. The van der Waals surface area contributed by atoms with Crippen molar-refractivity contribution < 1.29 is 48.0 Å². The number of aliphatic hydroxyl groups excluding tert-OH is 1. The molecule has 3 aliphatic rings. The second-order valence-electron chi connectivity index (χ2n) is 14.1. The number of aliphatic hydroxyl groups is 1. The van der Waals surface area contributed by atoms with Crippen molar-refractivity contribution in [3.8, 4) is 0 Å². The van der Waals surface area contributed by atoms with Crippen molar-refractivity contribution in [3.63, 3.8) is 0 Å². The van der Waals surface area contributed by atoms with E-state index in [4.69, 9.17) is 23.7 Å². The average Bonchev–Trinajstić information content (AvgIpc) is 3.68. The topological polar surface area (TPSA) is 141 Å². The van der Waals surface area contributed by atoms with Gasteiger partial charge in [-0.15, -0.1) is 0 Å². The molecule has 0 aromatic rings.